The number of carbonyl (C=O) groups excluding carboxylic acids is 1. The van der Waals surface area contributed by atoms with Crippen molar-refractivity contribution in [1.82, 2.24) is 0 Å². The Morgan fingerprint density at radius 1 is 1.21 bits per heavy atom. The van der Waals surface area contributed by atoms with Crippen LogP contribution in [0, 0.1) is 0 Å². The lowest BCUT2D eigenvalue weighted by Gasteiger charge is -2.03. The molecule has 0 saturated heterocycles. The Morgan fingerprint density at radius 3 is 2.57 bits per heavy atom. The summed E-state index contributed by atoms with van der Waals surface area (Å²) < 4.78 is 9.85. The highest BCUT2D eigenvalue weighted by Gasteiger charge is 2.04. The molecule has 14 heavy (non-hydrogen) atoms. The van der Waals surface area contributed by atoms with Crippen LogP contribution in [0.4, 0.5) is 0 Å². The van der Waals surface area contributed by atoms with Crippen LogP contribution in [-0.2, 0) is 9.47 Å². The molecule has 0 N–H and O–H groups in total. The zero-order chi connectivity index (χ0) is 10.2. The van der Waals surface area contributed by atoms with E-state index in [9.17, 15) is 4.79 Å². The van der Waals surface area contributed by atoms with Crippen LogP contribution in [0.25, 0.3) is 0 Å². The molecular formula is C11H14O3. The van der Waals surface area contributed by atoms with Crippen molar-refractivity contribution in [2.24, 2.45) is 0 Å². The molecule has 3 heteroatoms. The van der Waals surface area contributed by atoms with Gasteiger partial charge in [-0.25, -0.2) is 4.79 Å². The lowest BCUT2D eigenvalue weighted by atomic mass is 10.2. The van der Waals surface area contributed by atoms with Crippen molar-refractivity contribution in [3.8, 4) is 0 Å². The minimum absolute atomic E-state index is 0.276. The molecule has 3 nitrogen and oxygen atoms in total. The standard InChI is InChI=1S/C11H14O3/c1-13-8-5-9-14-11(12)10-6-3-2-4-7-10/h2-4,6-7H,5,8-9H2,1H3. The smallest absolute Gasteiger partial charge is 0.338 e. The van der Waals surface area contributed by atoms with Gasteiger partial charge in [-0.1, -0.05) is 18.2 Å². The fourth-order valence-corrected chi connectivity index (χ4v) is 1.03. The van der Waals surface area contributed by atoms with Gasteiger partial charge in [-0.2, -0.15) is 0 Å². The van der Waals surface area contributed by atoms with Crippen LogP contribution < -0.4 is 0 Å². The maximum absolute atomic E-state index is 11.3. The lowest BCUT2D eigenvalue weighted by Crippen LogP contribution is -2.07. The summed E-state index contributed by atoms with van der Waals surface area (Å²) in [5.74, 6) is -0.276. The first-order chi connectivity index (χ1) is 6.84. The summed E-state index contributed by atoms with van der Waals surface area (Å²) in [7, 11) is 1.62. The van der Waals surface area contributed by atoms with Gasteiger partial charge < -0.3 is 9.47 Å². The largest absolute Gasteiger partial charge is 0.462 e. The van der Waals surface area contributed by atoms with Crippen molar-refractivity contribution < 1.29 is 14.3 Å². The highest BCUT2D eigenvalue weighted by atomic mass is 16.5. The molecule has 1 aromatic carbocycles. The van der Waals surface area contributed by atoms with Gasteiger partial charge in [-0.05, 0) is 12.1 Å². The molecule has 0 fully saturated rings. The van der Waals surface area contributed by atoms with Crippen molar-refractivity contribution in [3.63, 3.8) is 0 Å². The van der Waals surface area contributed by atoms with E-state index in [0.29, 0.717) is 18.8 Å². The highest BCUT2D eigenvalue weighted by Crippen LogP contribution is 2.01. The summed E-state index contributed by atoms with van der Waals surface area (Å²) in [5, 5.41) is 0. The molecule has 0 amide bonds. The van der Waals surface area contributed by atoms with Gasteiger partial charge in [0.2, 0.25) is 0 Å². The van der Waals surface area contributed by atoms with Crippen LogP contribution in [0.3, 0.4) is 0 Å². The minimum atomic E-state index is -0.276. The maximum atomic E-state index is 11.3. The van der Waals surface area contributed by atoms with Gasteiger partial charge in [0.25, 0.3) is 0 Å². The van der Waals surface area contributed by atoms with Gasteiger partial charge in [0.1, 0.15) is 0 Å². The van der Waals surface area contributed by atoms with Crippen LogP contribution in [0.5, 0.6) is 0 Å². The topological polar surface area (TPSA) is 35.5 Å². The molecular weight excluding hydrogens is 180 g/mol. The van der Waals surface area contributed by atoms with Crippen molar-refractivity contribution in [2.75, 3.05) is 20.3 Å². The Labute approximate surface area is 83.6 Å². The third-order valence-corrected chi connectivity index (χ3v) is 1.74. The predicted octanol–water partition coefficient (Wildman–Crippen LogP) is 1.88. The van der Waals surface area contributed by atoms with Crippen LogP contribution in [0.15, 0.2) is 30.3 Å². The summed E-state index contributed by atoms with van der Waals surface area (Å²) in [4.78, 5) is 11.3. The normalized spacial score (nSPS) is 9.79. The molecule has 1 rings (SSSR count). The lowest BCUT2D eigenvalue weighted by molar-refractivity contribution is 0.0468. The second-order valence-electron chi connectivity index (χ2n) is 2.85. The zero-order valence-corrected chi connectivity index (χ0v) is 8.23. The summed E-state index contributed by atoms with van der Waals surface area (Å²) in [5.41, 5.74) is 0.588. The average molecular weight is 194 g/mol. The Balaban J connectivity index is 2.29. The number of hydrogen-bond acceptors (Lipinski definition) is 3. The molecule has 1 aromatic rings. The number of hydrogen-bond donors (Lipinski definition) is 0. The van der Waals surface area contributed by atoms with Gasteiger partial charge in [0, 0.05) is 20.1 Å². The molecule has 0 aliphatic carbocycles. The van der Waals surface area contributed by atoms with E-state index >= 15 is 0 Å². The van der Waals surface area contributed by atoms with Crippen molar-refractivity contribution in [2.45, 2.75) is 6.42 Å². The van der Waals surface area contributed by atoms with Gasteiger partial charge in [-0.3, -0.25) is 0 Å². The summed E-state index contributed by atoms with van der Waals surface area (Å²) in [6, 6.07) is 8.95. The van der Waals surface area contributed by atoms with E-state index in [1.54, 1.807) is 19.2 Å². The van der Waals surface area contributed by atoms with Crippen molar-refractivity contribution >= 4 is 5.97 Å². The highest BCUT2D eigenvalue weighted by molar-refractivity contribution is 5.89. The van der Waals surface area contributed by atoms with E-state index in [0.717, 1.165) is 6.42 Å². The molecule has 0 aromatic heterocycles. The van der Waals surface area contributed by atoms with E-state index in [4.69, 9.17) is 9.47 Å². The first-order valence-electron chi connectivity index (χ1n) is 4.55. The van der Waals surface area contributed by atoms with E-state index in [2.05, 4.69) is 0 Å². The molecule has 0 saturated carbocycles. The Bertz CT molecular complexity index is 269. The average Bonchev–Trinajstić information content (AvgIpc) is 2.25. The minimum Gasteiger partial charge on any atom is -0.462 e. The molecule has 0 aliphatic rings. The summed E-state index contributed by atoms with van der Waals surface area (Å²) >= 11 is 0. The summed E-state index contributed by atoms with van der Waals surface area (Å²) in [6.07, 6.45) is 0.731. The molecule has 0 heterocycles. The molecule has 0 radical (unpaired) electrons. The van der Waals surface area contributed by atoms with E-state index in [1.165, 1.54) is 0 Å². The number of rotatable bonds is 5. The maximum Gasteiger partial charge on any atom is 0.338 e. The number of carbonyl (C=O) groups is 1. The third kappa shape index (κ3) is 3.58. The predicted molar refractivity (Wildman–Crippen MR) is 53.2 cm³/mol. The van der Waals surface area contributed by atoms with Crippen LogP contribution in [0.1, 0.15) is 16.8 Å². The van der Waals surface area contributed by atoms with Gasteiger partial charge in [0.05, 0.1) is 12.2 Å². The monoisotopic (exact) mass is 194 g/mol. The molecule has 0 unspecified atom stereocenters. The molecule has 0 aliphatic heterocycles. The fourth-order valence-electron chi connectivity index (χ4n) is 1.03. The van der Waals surface area contributed by atoms with E-state index < -0.39 is 0 Å². The molecule has 0 spiro atoms. The van der Waals surface area contributed by atoms with Gasteiger partial charge in [-0.15, -0.1) is 0 Å². The molecule has 76 valence electrons. The molecule has 0 bridgehead atoms. The number of methoxy groups -OCH3 is 1. The van der Waals surface area contributed by atoms with Crippen LogP contribution >= 0.6 is 0 Å². The van der Waals surface area contributed by atoms with E-state index in [1.807, 2.05) is 18.2 Å². The number of esters is 1. The van der Waals surface area contributed by atoms with Crippen molar-refractivity contribution in [3.05, 3.63) is 35.9 Å². The Kier molecular flexibility index (Phi) is 4.72. The van der Waals surface area contributed by atoms with E-state index in [-0.39, 0.29) is 5.97 Å². The van der Waals surface area contributed by atoms with Crippen LogP contribution in [-0.4, -0.2) is 26.3 Å². The first kappa shape index (κ1) is 10.7. The zero-order valence-electron chi connectivity index (χ0n) is 8.23. The second-order valence-corrected chi connectivity index (χ2v) is 2.85. The quantitative estimate of drug-likeness (QED) is 0.530. The van der Waals surface area contributed by atoms with Crippen LogP contribution in [0.2, 0.25) is 0 Å². The third-order valence-electron chi connectivity index (χ3n) is 1.74. The summed E-state index contributed by atoms with van der Waals surface area (Å²) in [6.45, 7) is 1.02. The number of ether oxygens (including phenoxy) is 2. The fraction of sp³-hybridized carbons (Fsp3) is 0.364. The molecule has 0 atom stereocenters. The van der Waals surface area contributed by atoms with Gasteiger partial charge >= 0.3 is 5.97 Å². The first-order valence-corrected chi connectivity index (χ1v) is 4.55. The Hall–Kier alpha value is -1.35. The Morgan fingerprint density at radius 2 is 1.93 bits per heavy atom. The number of benzene rings is 1. The van der Waals surface area contributed by atoms with Crippen molar-refractivity contribution in [1.29, 1.82) is 0 Å². The second kappa shape index (κ2) is 6.16. The SMILES string of the molecule is COCCCOC(=O)c1ccccc1. The van der Waals surface area contributed by atoms with Gasteiger partial charge in [0.15, 0.2) is 0 Å².